The maximum absolute atomic E-state index is 13.6. The molecule has 1 saturated heterocycles. The van der Waals surface area contributed by atoms with Gasteiger partial charge in [0.25, 0.3) is 5.91 Å². The Hall–Kier alpha value is -3.63. The SMILES string of the molecule is COC(=O)[C@]1(N)C(=O)N2C(C(=O)OC(c3ccccc3)c3ccccc3)=C(COC(C)=O)CS[C@@H]21. The molecule has 1 fully saturated rings. The molecule has 2 aromatic carbocycles. The van der Waals surface area contributed by atoms with Crippen molar-refractivity contribution in [3.05, 3.63) is 83.1 Å². The number of nitrogens with zero attached hydrogens (tertiary/aromatic N) is 1. The van der Waals surface area contributed by atoms with Crippen molar-refractivity contribution in [1.82, 2.24) is 4.90 Å². The molecule has 2 aliphatic heterocycles. The van der Waals surface area contributed by atoms with E-state index in [2.05, 4.69) is 0 Å². The summed E-state index contributed by atoms with van der Waals surface area (Å²) < 4.78 is 15.8. The molecule has 2 heterocycles. The molecule has 2 aliphatic rings. The standard InChI is InChI=1S/C25H24N2O7S/c1-15(28)33-13-18-14-35-23-25(26,24(31)32-2)22(30)27(23)19(18)21(29)34-20(16-9-5-3-6-10-16)17-11-7-4-8-12-17/h3-12,20,23H,13-14,26H2,1-2H3/t23-,25+/m1/s1. The van der Waals surface area contributed by atoms with Crippen molar-refractivity contribution < 1.29 is 33.4 Å². The number of ether oxygens (including phenoxy) is 3. The third-order valence-electron chi connectivity index (χ3n) is 5.78. The zero-order chi connectivity index (χ0) is 25.2. The molecule has 0 aromatic heterocycles. The van der Waals surface area contributed by atoms with Crippen molar-refractivity contribution in [2.24, 2.45) is 5.73 Å². The summed E-state index contributed by atoms with van der Waals surface area (Å²) in [5, 5.41) is -0.863. The zero-order valence-electron chi connectivity index (χ0n) is 19.1. The molecule has 0 bridgehead atoms. The van der Waals surface area contributed by atoms with Gasteiger partial charge in [-0.2, -0.15) is 0 Å². The van der Waals surface area contributed by atoms with Crippen LogP contribution >= 0.6 is 11.8 Å². The van der Waals surface area contributed by atoms with Crippen LogP contribution < -0.4 is 5.73 Å². The maximum Gasteiger partial charge on any atom is 0.356 e. The minimum Gasteiger partial charge on any atom is -0.467 e. The Morgan fingerprint density at radius 3 is 2.17 bits per heavy atom. The zero-order valence-corrected chi connectivity index (χ0v) is 19.9. The molecule has 10 heteroatoms. The maximum atomic E-state index is 13.6. The molecular weight excluding hydrogens is 472 g/mol. The van der Waals surface area contributed by atoms with Gasteiger partial charge in [0.15, 0.2) is 6.10 Å². The topological polar surface area (TPSA) is 125 Å². The van der Waals surface area contributed by atoms with Gasteiger partial charge in [-0.3, -0.25) is 14.5 Å². The van der Waals surface area contributed by atoms with Gasteiger partial charge in [-0.15, -0.1) is 11.8 Å². The van der Waals surface area contributed by atoms with Crippen LogP contribution in [0.4, 0.5) is 0 Å². The van der Waals surface area contributed by atoms with Gasteiger partial charge >= 0.3 is 17.9 Å². The number of thioether (sulfide) groups is 1. The third-order valence-corrected chi connectivity index (χ3v) is 7.20. The summed E-state index contributed by atoms with van der Waals surface area (Å²) in [6.45, 7) is 1.04. The van der Waals surface area contributed by atoms with Gasteiger partial charge in [0, 0.05) is 18.2 Å². The molecule has 0 saturated carbocycles. The highest BCUT2D eigenvalue weighted by Crippen LogP contribution is 2.46. The van der Waals surface area contributed by atoms with Crippen LogP contribution in [0.2, 0.25) is 0 Å². The van der Waals surface area contributed by atoms with E-state index in [1.807, 2.05) is 60.7 Å². The molecule has 0 spiro atoms. The molecule has 1 amide bonds. The lowest BCUT2D eigenvalue weighted by Gasteiger charge is -2.53. The van der Waals surface area contributed by atoms with Crippen LogP contribution in [0.15, 0.2) is 71.9 Å². The lowest BCUT2D eigenvalue weighted by Crippen LogP contribution is -2.81. The predicted octanol–water partition coefficient (Wildman–Crippen LogP) is 1.92. The average molecular weight is 497 g/mol. The number of rotatable bonds is 7. The van der Waals surface area contributed by atoms with Crippen LogP contribution in [0, 0.1) is 0 Å². The third kappa shape index (κ3) is 4.42. The van der Waals surface area contributed by atoms with Crippen molar-refractivity contribution in [3.63, 3.8) is 0 Å². The second kappa shape index (κ2) is 9.93. The first-order valence-corrected chi connectivity index (χ1v) is 11.8. The highest BCUT2D eigenvalue weighted by molar-refractivity contribution is 8.00. The number of esters is 3. The van der Waals surface area contributed by atoms with E-state index >= 15 is 0 Å². The molecule has 0 radical (unpaired) electrons. The minimum absolute atomic E-state index is 0.0816. The summed E-state index contributed by atoms with van der Waals surface area (Å²) in [5.41, 5.74) is 5.96. The molecule has 182 valence electrons. The fraction of sp³-hybridized carbons (Fsp3) is 0.280. The van der Waals surface area contributed by atoms with Crippen LogP contribution in [0.1, 0.15) is 24.2 Å². The van der Waals surface area contributed by atoms with Crippen molar-refractivity contribution in [2.45, 2.75) is 23.9 Å². The lowest BCUT2D eigenvalue weighted by atomic mass is 9.87. The van der Waals surface area contributed by atoms with Crippen LogP contribution in [-0.2, 0) is 33.4 Å². The van der Waals surface area contributed by atoms with E-state index in [0.717, 1.165) is 23.1 Å². The molecule has 9 nitrogen and oxygen atoms in total. The smallest absolute Gasteiger partial charge is 0.356 e. The first-order chi connectivity index (χ1) is 16.8. The van der Waals surface area contributed by atoms with Crippen LogP contribution in [0.5, 0.6) is 0 Å². The largest absolute Gasteiger partial charge is 0.467 e. The quantitative estimate of drug-likeness (QED) is 0.265. The van der Waals surface area contributed by atoms with Crippen LogP contribution in [-0.4, -0.2) is 59.1 Å². The molecule has 2 atom stereocenters. The Morgan fingerprint density at radius 1 is 1.09 bits per heavy atom. The van der Waals surface area contributed by atoms with E-state index < -0.39 is 40.8 Å². The number of carbonyl (C=O) groups excluding carboxylic acids is 4. The van der Waals surface area contributed by atoms with Crippen molar-refractivity contribution in [2.75, 3.05) is 19.5 Å². The van der Waals surface area contributed by atoms with E-state index in [9.17, 15) is 19.2 Å². The number of hydrogen-bond acceptors (Lipinski definition) is 9. The molecule has 2 N–H and O–H groups in total. The Kier molecular flexibility index (Phi) is 6.95. The second-order valence-corrected chi connectivity index (χ2v) is 9.11. The number of β-lactam (4-membered cyclic amide) rings is 1. The summed E-state index contributed by atoms with van der Waals surface area (Å²) in [6.07, 6.45) is -0.764. The number of carbonyl (C=O) groups is 4. The summed E-state index contributed by atoms with van der Waals surface area (Å²) in [6, 6.07) is 18.3. The molecule has 0 aliphatic carbocycles. The Bertz CT molecular complexity index is 1150. The van der Waals surface area contributed by atoms with Crippen LogP contribution in [0.3, 0.4) is 0 Å². The number of methoxy groups -OCH3 is 1. The molecule has 4 rings (SSSR count). The fourth-order valence-corrected chi connectivity index (χ4v) is 5.43. The van der Waals surface area contributed by atoms with Crippen LogP contribution in [0.25, 0.3) is 0 Å². The van der Waals surface area contributed by atoms with Gasteiger partial charge in [-0.05, 0) is 11.1 Å². The van der Waals surface area contributed by atoms with Gasteiger partial charge in [-0.1, -0.05) is 60.7 Å². The van der Waals surface area contributed by atoms with E-state index in [1.54, 1.807) is 0 Å². The van der Waals surface area contributed by atoms with Gasteiger partial charge in [0.2, 0.25) is 5.54 Å². The number of benzene rings is 2. The highest BCUT2D eigenvalue weighted by atomic mass is 32.2. The first-order valence-electron chi connectivity index (χ1n) is 10.8. The van der Waals surface area contributed by atoms with E-state index in [0.29, 0.717) is 5.57 Å². The molecular formula is C25H24N2O7S. The van der Waals surface area contributed by atoms with Gasteiger partial charge in [0.05, 0.1) is 7.11 Å². The van der Waals surface area contributed by atoms with Crippen molar-refractivity contribution >= 4 is 35.6 Å². The van der Waals surface area contributed by atoms with E-state index in [1.165, 1.54) is 18.7 Å². The van der Waals surface area contributed by atoms with E-state index in [4.69, 9.17) is 19.9 Å². The van der Waals surface area contributed by atoms with E-state index in [-0.39, 0.29) is 18.1 Å². The summed E-state index contributed by atoms with van der Waals surface area (Å²) >= 11 is 1.18. The van der Waals surface area contributed by atoms with Gasteiger partial charge < -0.3 is 19.9 Å². The first kappa shape index (κ1) is 24.5. The lowest BCUT2D eigenvalue weighted by molar-refractivity contribution is -0.170. The summed E-state index contributed by atoms with van der Waals surface area (Å²) in [7, 11) is 1.14. The number of amides is 1. The van der Waals surface area contributed by atoms with Gasteiger partial charge in [0.1, 0.15) is 17.7 Å². The predicted molar refractivity (Wildman–Crippen MR) is 127 cm³/mol. The number of hydrogen-bond donors (Lipinski definition) is 1. The number of nitrogens with two attached hydrogens (primary N) is 1. The minimum atomic E-state index is -1.92. The summed E-state index contributed by atoms with van der Waals surface area (Å²) in [4.78, 5) is 51.6. The highest BCUT2D eigenvalue weighted by Gasteiger charge is 2.68. The Morgan fingerprint density at radius 2 is 1.66 bits per heavy atom. The number of fused-ring (bicyclic) bond motifs is 1. The average Bonchev–Trinajstić information content (AvgIpc) is 2.89. The normalized spacial score (nSPS) is 21.2. The Labute approximate surface area is 206 Å². The molecule has 2 aromatic rings. The second-order valence-electron chi connectivity index (χ2n) is 8.04. The van der Waals surface area contributed by atoms with Gasteiger partial charge in [-0.25, -0.2) is 9.59 Å². The molecule has 35 heavy (non-hydrogen) atoms. The molecule has 0 unspecified atom stereocenters. The van der Waals surface area contributed by atoms with Crippen molar-refractivity contribution in [1.29, 1.82) is 0 Å². The van der Waals surface area contributed by atoms with Crippen molar-refractivity contribution in [3.8, 4) is 0 Å². The Balaban J connectivity index is 1.71. The monoisotopic (exact) mass is 496 g/mol. The fourth-order valence-electron chi connectivity index (χ4n) is 4.04. The summed E-state index contributed by atoms with van der Waals surface area (Å²) in [5.74, 6) is -2.82.